The van der Waals surface area contributed by atoms with Gasteiger partial charge in [-0.2, -0.15) is 5.26 Å². The third-order valence-electron chi connectivity index (χ3n) is 1.79. The van der Waals surface area contributed by atoms with Crippen molar-refractivity contribution in [3.63, 3.8) is 0 Å². The molecule has 1 N–H and O–H groups in total. The molecule has 0 unspecified atom stereocenters. The molecule has 0 heterocycles. The van der Waals surface area contributed by atoms with Gasteiger partial charge in [0.2, 0.25) is 0 Å². The average Bonchev–Trinajstić information content (AvgIpc) is 2.07. The molecular formula is C10H11NO. The van der Waals surface area contributed by atoms with Crippen molar-refractivity contribution < 1.29 is 5.11 Å². The van der Waals surface area contributed by atoms with Crippen LogP contribution in [0.4, 0.5) is 0 Å². The number of phenolic OH excluding ortho intramolecular Hbond substituents is 1. The summed E-state index contributed by atoms with van der Waals surface area (Å²) in [5, 5.41) is 17.6. The molecule has 2 heteroatoms. The highest BCUT2D eigenvalue weighted by atomic mass is 16.3. The molecule has 0 atom stereocenters. The van der Waals surface area contributed by atoms with Gasteiger partial charge in [-0.1, -0.05) is 12.1 Å². The number of nitriles is 1. The second-order valence-electron chi connectivity index (χ2n) is 2.78. The van der Waals surface area contributed by atoms with Crippen molar-refractivity contribution in [1.29, 1.82) is 5.26 Å². The predicted molar refractivity (Wildman–Crippen MR) is 46.8 cm³/mol. The molecule has 0 aliphatic carbocycles. The van der Waals surface area contributed by atoms with Crippen LogP contribution in [-0.2, 0) is 6.42 Å². The number of aryl methyl sites for hydroxylation is 2. The normalized spacial score (nSPS) is 9.33. The van der Waals surface area contributed by atoms with Crippen LogP contribution in [0, 0.1) is 18.3 Å². The Morgan fingerprint density at radius 1 is 1.50 bits per heavy atom. The standard InChI is InChI=1S/C10H11NO/c1-8-7-9(3-2-6-11)4-5-10(8)12/h4-5,7,12H,2-3H2,1H3. The van der Waals surface area contributed by atoms with Gasteiger partial charge >= 0.3 is 0 Å². The Hall–Kier alpha value is -1.49. The summed E-state index contributed by atoms with van der Waals surface area (Å²) in [5.41, 5.74) is 1.97. The summed E-state index contributed by atoms with van der Waals surface area (Å²) >= 11 is 0. The molecule has 0 amide bonds. The zero-order valence-corrected chi connectivity index (χ0v) is 7.04. The van der Waals surface area contributed by atoms with Gasteiger partial charge in [0.15, 0.2) is 0 Å². The number of benzene rings is 1. The SMILES string of the molecule is Cc1cc(CCC#N)ccc1O. The molecular weight excluding hydrogens is 150 g/mol. The minimum absolute atomic E-state index is 0.315. The molecule has 0 aliphatic heterocycles. The van der Waals surface area contributed by atoms with Gasteiger partial charge in [-0.3, -0.25) is 0 Å². The highest BCUT2D eigenvalue weighted by molar-refractivity contribution is 5.35. The molecule has 0 bridgehead atoms. The Balaban J connectivity index is 2.77. The van der Waals surface area contributed by atoms with Crippen molar-refractivity contribution in [3.05, 3.63) is 29.3 Å². The quantitative estimate of drug-likeness (QED) is 0.722. The largest absolute Gasteiger partial charge is 0.508 e. The van der Waals surface area contributed by atoms with Gasteiger partial charge in [-0.15, -0.1) is 0 Å². The number of aromatic hydroxyl groups is 1. The molecule has 62 valence electrons. The summed E-state index contributed by atoms with van der Waals surface area (Å²) in [7, 11) is 0. The number of rotatable bonds is 2. The molecule has 12 heavy (non-hydrogen) atoms. The van der Waals surface area contributed by atoms with E-state index in [9.17, 15) is 5.11 Å². The van der Waals surface area contributed by atoms with Gasteiger partial charge in [0.05, 0.1) is 6.07 Å². The molecule has 2 nitrogen and oxygen atoms in total. The number of nitrogens with zero attached hydrogens (tertiary/aromatic N) is 1. The Bertz CT molecular complexity index is 312. The van der Waals surface area contributed by atoms with E-state index in [1.165, 1.54) is 0 Å². The van der Waals surface area contributed by atoms with E-state index in [-0.39, 0.29) is 0 Å². The van der Waals surface area contributed by atoms with Gasteiger partial charge in [0, 0.05) is 6.42 Å². The van der Waals surface area contributed by atoms with Crippen LogP contribution in [0.25, 0.3) is 0 Å². The van der Waals surface area contributed by atoms with E-state index in [1.54, 1.807) is 6.07 Å². The molecule has 0 spiro atoms. The van der Waals surface area contributed by atoms with Crippen LogP contribution in [0.3, 0.4) is 0 Å². The topological polar surface area (TPSA) is 44.0 Å². The molecule has 0 fully saturated rings. The van der Waals surface area contributed by atoms with Crippen LogP contribution >= 0.6 is 0 Å². The molecule has 1 rings (SSSR count). The molecule has 0 saturated heterocycles. The summed E-state index contributed by atoms with van der Waals surface area (Å²) < 4.78 is 0. The van der Waals surface area contributed by atoms with Crippen molar-refractivity contribution in [2.75, 3.05) is 0 Å². The average molecular weight is 161 g/mol. The van der Waals surface area contributed by atoms with E-state index >= 15 is 0 Å². The molecule has 0 saturated carbocycles. The first-order valence-corrected chi connectivity index (χ1v) is 3.89. The summed E-state index contributed by atoms with van der Waals surface area (Å²) in [4.78, 5) is 0. The second-order valence-corrected chi connectivity index (χ2v) is 2.78. The third kappa shape index (κ3) is 2.00. The van der Waals surface area contributed by atoms with Crippen LogP contribution < -0.4 is 0 Å². The lowest BCUT2D eigenvalue weighted by Crippen LogP contribution is -1.84. The highest BCUT2D eigenvalue weighted by Crippen LogP contribution is 2.17. The fourth-order valence-electron chi connectivity index (χ4n) is 1.07. The number of hydrogen-bond acceptors (Lipinski definition) is 2. The Labute approximate surface area is 72.1 Å². The third-order valence-corrected chi connectivity index (χ3v) is 1.79. The van der Waals surface area contributed by atoms with E-state index in [0.29, 0.717) is 12.2 Å². The zero-order valence-electron chi connectivity index (χ0n) is 7.04. The van der Waals surface area contributed by atoms with Crippen LogP contribution in [0.1, 0.15) is 17.5 Å². The lowest BCUT2D eigenvalue weighted by Gasteiger charge is -2.01. The summed E-state index contributed by atoms with van der Waals surface area (Å²) in [6.45, 7) is 1.85. The summed E-state index contributed by atoms with van der Waals surface area (Å²) in [6.07, 6.45) is 1.29. The first-order chi connectivity index (χ1) is 5.74. The van der Waals surface area contributed by atoms with Crippen LogP contribution in [0.15, 0.2) is 18.2 Å². The summed E-state index contributed by atoms with van der Waals surface area (Å²) in [5.74, 6) is 0.315. The van der Waals surface area contributed by atoms with Crippen molar-refractivity contribution in [2.45, 2.75) is 19.8 Å². The number of hydrogen-bond donors (Lipinski definition) is 1. The second kappa shape index (κ2) is 3.77. The fraction of sp³-hybridized carbons (Fsp3) is 0.300. The van der Waals surface area contributed by atoms with Gasteiger partial charge in [-0.25, -0.2) is 0 Å². The van der Waals surface area contributed by atoms with Crippen molar-refractivity contribution in [2.24, 2.45) is 0 Å². The van der Waals surface area contributed by atoms with Crippen LogP contribution in [-0.4, -0.2) is 5.11 Å². The van der Waals surface area contributed by atoms with Gasteiger partial charge in [0.25, 0.3) is 0 Å². The molecule has 1 aromatic carbocycles. The van der Waals surface area contributed by atoms with E-state index in [2.05, 4.69) is 6.07 Å². The lowest BCUT2D eigenvalue weighted by molar-refractivity contribution is 0.471. The molecule has 1 aromatic rings. The predicted octanol–water partition coefficient (Wildman–Crippen LogP) is 2.16. The van der Waals surface area contributed by atoms with E-state index in [4.69, 9.17) is 5.26 Å². The molecule has 0 aromatic heterocycles. The maximum atomic E-state index is 9.20. The van der Waals surface area contributed by atoms with Crippen LogP contribution in [0.2, 0.25) is 0 Å². The molecule has 0 radical (unpaired) electrons. The van der Waals surface area contributed by atoms with Crippen molar-refractivity contribution in [3.8, 4) is 11.8 Å². The maximum absolute atomic E-state index is 9.20. The smallest absolute Gasteiger partial charge is 0.118 e. The fourth-order valence-corrected chi connectivity index (χ4v) is 1.07. The Kier molecular flexibility index (Phi) is 2.71. The van der Waals surface area contributed by atoms with E-state index in [1.807, 2.05) is 19.1 Å². The minimum atomic E-state index is 0.315. The van der Waals surface area contributed by atoms with Crippen molar-refractivity contribution in [1.82, 2.24) is 0 Å². The van der Waals surface area contributed by atoms with E-state index in [0.717, 1.165) is 17.5 Å². The first-order valence-electron chi connectivity index (χ1n) is 3.89. The lowest BCUT2D eigenvalue weighted by atomic mass is 10.1. The van der Waals surface area contributed by atoms with Gasteiger partial charge in [0.1, 0.15) is 5.75 Å². The van der Waals surface area contributed by atoms with E-state index < -0.39 is 0 Å². The summed E-state index contributed by atoms with van der Waals surface area (Å²) in [6, 6.07) is 7.51. The van der Waals surface area contributed by atoms with Crippen molar-refractivity contribution >= 4 is 0 Å². The zero-order chi connectivity index (χ0) is 8.97. The highest BCUT2D eigenvalue weighted by Gasteiger charge is 1.97. The number of phenols is 1. The Morgan fingerprint density at radius 3 is 2.83 bits per heavy atom. The monoisotopic (exact) mass is 161 g/mol. The van der Waals surface area contributed by atoms with Crippen LogP contribution in [0.5, 0.6) is 5.75 Å². The first kappa shape index (κ1) is 8.61. The Morgan fingerprint density at radius 2 is 2.25 bits per heavy atom. The minimum Gasteiger partial charge on any atom is -0.508 e. The van der Waals surface area contributed by atoms with Gasteiger partial charge < -0.3 is 5.11 Å². The van der Waals surface area contributed by atoms with Gasteiger partial charge in [-0.05, 0) is 30.5 Å². The maximum Gasteiger partial charge on any atom is 0.118 e. The molecule has 0 aliphatic rings.